The second kappa shape index (κ2) is 15.8. The molecule has 46 heavy (non-hydrogen) atoms. The molecule has 3 fully saturated rings. The van der Waals surface area contributed by atoms with Gasteiger partial charge in [-0.25, -0.2) is 4.79 Å². The van der Waals surface area contributed by atoms with Crippen molar-refractivity contribution in [1.82, 2.24) is 10.2 Å². The number of rotatable bonds is 8. The molecule has 3 heterocycles. The van der Waals surface area contributed by atoms with E-state index in [9.17, 15) is 19.5 Å². The van der Waals surface area contributed by atoms with E-state index in [4.69, 9.17) is 29.4 Å². The number of hydrogen-bond donors (Lipinski definition) is 3. The minimum atomic E-state index is -1.19. The Bertz CT molecular complexity index is 1090. The maximum atomic E-state index is 13.8. The molecule has 3 saturated heterocycles. The minimum Gasteiger partial charge on any atom is -0.458 e. The summed E-state index contributed by atoms with van der Waals surface area (Å²) in [6, 6.07) is -1.39. The van der Waals surface area contributed by atoms with Crippen LogP contribution in [0.25, 0.3) is 0 Å². The smallest absolute Gasteiger partial charge is 0.410 e. The molecule has 0 radical (unpaired) electrons. The van der Waals surface area contributed by atoms with Crippen LogP contribution in [0.15, 0.2) is 12.3 Å². The fourth-order valence-corrected chi connectivity index (χ4v) is 7.22. The Morgan fingerprint density at radius 1 is 1.13 bits per heavy atom. The number of Topliss-reactive ketones (excluding diaryl/α,β-unsaturated/α-hetero) is 1. The first-order valence-electron chi connectivity index (χ1n) is 17.0. The van der Waals surface area contributed by atoms with Gasteiger partial charge in [-0.05, 0) is 66.2 Å². The second-order valence-electron chi connectivity index (χ2n) is 14.0. The van der Waals surface area contributed by atoms with Gasteiger partial charge in [-0.1, -0.05) is 40.2 Å². The summed E-state index contributed by atoms with van der Waals surface area (Å²) in [6.07, 6.45) is -0.919. The minimum absolute atomic E-state index is 0.188. The van der Waals surface area contributed by atoms with Gasteiger partial charge in [-0.15, -0.1) is 0 Å². The Labute approximate surface area is 275 Å². The van der Waals surface area contributed by atoms with E-state index < -0.39 is 71.7 Å². The van der Waals surface area contributed by atoms with Gasteiger partial charge in [0.15, 0.2) is 11.9 Å². The molecule has 0 aromatic heterocycles. The predicted molar refractivity (Wildman–Crippen MR) is 173 cm³/mol. The van der Waals surface area contributed by atoms with Gasteiger partial charge in [0.25, 0.3) is 0 Å². The molecule has 1 amide bonds. The number of carbonyl (C=O) groups is 3. The number of nitrogens with two attached hydrogens (primary N) is 1. The molecule has 0 saturated carbocycles. The number of methoxy groups -OCH3 is 1. The molecule has 0 aromatic carbocycles. The number of carbonyl (C=O) groups excluding carboxylic acids is 3. The number of cyclic esters (lactones) is 1. The summed E-state index contributed by atoms with van der Waals surface area (Å²) in [6.45, 7) is 19.8. The van der Waals surface area contributed by atoms with Gasteiger partial charge in [-0.2, -0.15) is 0 Å². The van der Waals surface area contributed by atoms with Gasteiger partial charge in [0.2, 0.25) is 0 Å². The lowest BCUT2D eigenvalue weighted by Crippen LogP contribution is -2.60. The highest BCUT2D eigenvalue weighted by Crippen LogP contribution is 2.40. The summed E-state index contributed by atoms with van der Waals surface area (Å²) < 4.78 is 30.5. The average molecular weight is 654 g/mol. The lowest BCUT2D eigenvalue weighted by Gasteiger charge is -2.43. The molecule has 12 nitrogen and oxygen atoms in total. The number of unbranched alkanes of at least 4 members (excludes halogenated alkanes) is 2. The Hall–Kier alpha value is -2.25. The first-order chi connectivity index (χ1) is 21.5. The molecule has 0 bridgehead atoms. The van der Waals surface area contributed by atoms with Crippen LogP contribution >= 0.6 is 0 Å². The van der Waals surface area contributed by atoms with E-state index in [1.807, 2.05) is 34.6 Å². The summed E-state index contributed by atoms with van der Waals surface area (Å²) >= 11 is 0. The van der Waals surface area contributed by atoms with Crippen molar-refractivity contribution in [1.29, 1.82) is 0 Å². The molecule has 0 aliphatic carbocycles. The Kier molecular flexibility index (Phi) is 13.1. The maximum absolute atomic E-state index is 13.8. The van der Waals surface area contributed by atoms with Crippen LogP contribution in [0, 0.1) is 11.8 Å². The third kappa shape index (κ3) is 8.24. The van der Waals surface area contributed by atoms with E-state index in [1.165, 1.54) is 14.0 Å². The van der Waals surface area contributed by atoms with E-state index in [-0.39, 0.29) is 24.5 Å². The molecule has 3 rings (SSSR count). The van der Waals surface area contributed by atoms with E-state index in [0.717, 1.165) is 19.3 Å². The standard InChI is InChI=1S/C34H59N3O9/c1-11-13-14-15-37-29-23(7)36-22(6)19(3)18-33(8,42-10)27(45-31-28(39)24(35)16-20(4)43-31)17-25(38)21(5)30(40)44-26(12-2)34(29,9)46-32(37)41/h19-21,23-24,26-29,31,36,39H,6,11-18,35H2,1-5,7-10H3/t19-,20?,21-,23-,24?,26-,27-,28?,29-,31+,33-,34-/m1/s1. The lowest BCUT2D eigenvalue weighted by molar-refractivity contribution is -0.282. The fourth-order valence-electron chi connectivity index (χ4n) is 7.22. The monoisotopic (exact) mass is 653 g/mol. The molecule has 4 N–H and O–H groups in total. The Morgan fingerprint density at radius 2 is 1.80 bits per heavy atom. The molecule has 3 aliphatic heterocycles. The summed E-state index contributed by atoms with van der Waals surface area (Å²) in [5.74, 6) is -2.47. The van der Waals surface area contributed by atoms with Gasteiger partial charge in [0.05, 0.1) is 23.9 Å². The Morgan fingerprint density at radius 3 is 2.41 bits per heavy atom. The zero-order valence-electron chi connectivity index (χ0n) is 29.4. The molecule has 264 valence electrons. The molecule has 3 aliphatic rings. The number of fused-ring (bicyclic) bond motifs is 1. The number of aliphatic hydroxyl groups is 1. The zero-order valence-corrected chi connectivity index (χ0v) is 29.4. The number of ether oxygens (including phenoxy) is 5. The van der Waals surface area contributed by atoms with Gasteiger partial charge in [-0.3, -0.25) is 14.5 Å². The molecule has 0 aromatic rings. The van der Waals surface area contributed by atoms with Crippen molar-refractivity contribution in [2.45, 2.75) is 160 Å². The van der Waals surface area contributed by atoms with Crippen molar-refractivity contribution in [3.05, 3.63) is 12.3 Å². The largest absolute Gasteiger partial charge is 0.458 e. The normalized spacial score (nSPS) is 41.6. The number of aliphatic hydroxyl groups excluding tert-OH is 1. The molecular weight excluding hydrogens is 594 g/mol. The van der Waals surface area contributed by atoms with Crippen LogP contribution in [0.2, 0.25) is 0 Å². The quantitative estimate of drug-likeness (QED) is 0.199. The average Bonchev–Trinajstić information content (AvgIpc) is 3.26. The SMILES string of the molecule is C=C1N[C@H](C)[C@H]2N(CCCCC)C(=O)O[C@]2(C)[C@@H](CC)OC(=O)[C@H](C)C(=O)C[C@@H](O[C@@H]2OC(C)CC(N)C2O)[C@](C)(OC)C[C@H]1C. The highest BCUT2D eigenvalue weighted by molar-refractivity contribution is 5.99. The van der Waals surface area contributed by atoms with E-state index in [2.05, 4.69) is 18.8 Å². The van der Waals surface area contributed by atoms with Crippen molar-refractivity contribution in [3.63, 3.8) is 0 Å². The number of esters is 1. The maximum Gasteiger partial charge on any atom is 0.410 e. The highest BCUT2D eigenvalue weighted by Gasteiger charge is 2.58. The summed E-state index contributed by atoms with van der Waals surface area (Å²) in [7, 11) is 1.54. The predicted octanol–water partition coefficient (Wildman–Crippen LogP) is 3.82. The summed E-state index contributed by atoms with van der Waals surface area (Å²) in [5, 5.41) is 14.4. The van der Waals surface area contributed by atoms with Crippen LogP contribution in [0.5, 0.6) is 0 Å². The zero-order chi connectivity index (χ0) is 34.6. The number of ketones is 1. The number of hydrogen-bond acceptors (Lipinski definition) is 11. The topological polar surface area (TPSA) is 159 Å². The van der Waals surface area contributed by atoms with Crippen LogP contribution in [0.4, 0.5) is 4.79 Å². The molecule has 0 spiro atoms. The Balaban J connectivity index is 2.04. The summed E-state index contributed by atoms with van der Waals surface area (Å²) in [5.41, 5.74) is 4.62. The first-order valence-corrected chi connectivity index (χ1v) is 17.0. The van der Waals surface area contributed by atoms with Crippen molar-refractivity contribution < 1.29 is 43.2 Å². The van der Waals surface area contributed by atoms with Crippen LogP contribution in [-0.2, 0) is 33.3 Å². The fraction of sp³-hybridized carbons (Fsp3) is 0.853. The van der Waals surface area contributed by atoms with Crippen molar-refractivity contribution >= 4 is 17.8 Å². The van der Waals surface area contributed by atoms with Crippen LogP contribution in [0.1, 0.15) is 100 Å². The van der Waals surface area contributed by atoms with E-state index in [0.29, 0.717) is 31.5 Å². The number of amides is 1. The third-order valence-electron chi connectivity index (χ3n) is 10.3. The van der Waals surface area contributed by atoms with Gasteiger partial charge in [0, 0.05) is 37.9 Å². The number of allylic oxidation sites excluding steroid dienone is 1. The van der Waals surface area contributed by atoms with Gasteiger partial charge >= 0.3 is 12.1 Å². The molecular formula is C34H59N3O9. The van der Waals surface area contributed by atoms with E-state index in [1.54, 1.807) is 11.8 Å². The molecule has 3 unspecified atom stereocenters. The lowest BCUT2D eigenvalue weighted by atomic mass is 9.82. The van der Waals surface area contributed by atoms with Crippen molar-refractivity contribution in [2.24, 2.45) is 17.6 Å². The molecule has 12 atom stereocenters. The summed E-state index contributed by atoms with van der Waals surface area (Å²) in [4.78, 5) is 42.5. The van der Waals surface area contributed by atoms with Gasteiger partial charge in [0.1, 0.15) is 23.9 Å². The third-order valence-corrected chi connectivity index (χ3v) is 10.3. The number of nitrogens with one attached hydrogen (secondary N) is 1. The molecule has 12 heteroatoms. The van der Waals surface area contributed by atoms with Crippen molar-refractivity contribution in [2.75, 3.05) is 13.7 Å². The van der Waals surface area contributed by atoms with E-state index >= 15 is 0 Å². The first kappa shape index (κ1) is 38.2. The van der Waals surface area contributed by atoms with Crippen molar-refractivity contribution in [3.8, 4) is 0 Å². The second-order valence-corrected chi connectivity index (χ2v) is 14.0. The van der Waals surface area contributed by atoms with Crippen LogP contribution in [-0.4, -0.2) is 102 Å². The van der Waals surface area contributed by atoms with Crippen LogP contribution < -0.4 is 11.1 Å². The highest BCUT2D eigenvalue weighted by atomic mass is 16.7. The van der Waals surface area contributed by atoms with Crippen LogP contribution in [0.3, 0.4) is 0 Å². The number of nitrogens with zero attached hydrogens (tertiary/aromatic N) is 1. The van der Waals surface area contributed by atoms with Gasteiger partial charge < -0.3 is 39.8 Å².